The molecule has 2 aromatic carbocycles. The van der Waals surface area contributed by atoms with E-state index in [0.717, 1.165) is 17.5 Å². The highest BCUT2D eigenvalue weighted by molar-refractivity contribution is 9.10. The molecule has 0 atom stereocenters. The van der Waals surface area contributed by atoms with Crippen LogP contribution in [0.3, 0.4) is 0 Å². The van der Waals surface area contributed by atoms with Gasteiger partial charge in [0.1, 0.15) is 5.82 Å². The Labute approximate surface area is 161 Å². The Bertz CT molecular complexity index is 768. The number of aliphatic imine (C=N–C) groups is 1. The first kappa shape index (κ1) is 20.0. The van der Waals surface area contributed by atoms with Crippen LogP contribution in [-0.2, 0) is 13.0 Å². The summed E-state index contributed by atoms with van der Waals surface area (Å²) in [5, 5.41) is 6.42. The molecule has 0 heterocycles. The zero-order valence-corrected chi connectivity index (χ0v) is 16.7. The summed E-state index contributed by atoms with van der Waals surface area (Å²) in [5.41, 5.74) is 1.97. The molecule has 0 saturated carbocycles. The van der Waals surface area contributed by atoms with E-state index in [0.29, 0.717) is 35.0 Å². The van der Waals surface area contributed by atoms with Gasteiger partial charge in [0.05, 0.1) is 18.7 Å². The summed E-state index contributed by atoms with van der Waals surface area (Å²) in [6.07, 6.45) is 0.800. The Morgan fingerprint density at radius 3 is 2.42 bits per heavy atom. The van der Waals surface area contributed by atoms with E-state index in [2.05, 4.69) is 31.6 Å². The number of guanidine groups is 1. The lowest BCUT2D eigenvalue weighted by atomic mass is 10.1. The van der Waals surface area contributed by atoms with Crippen LogP contribution in [0.4, 0.5) is 4.39 Å². The summed E-state index contributed by atoms with van der Waals surface area (Å²) in [6.45, 7) is 1.18. The van der Waals surface area contributed by atoms with E-state index < -0.39 is 0 Å². The Morgan fingerprint density at radius 1 is 1.04 bits per heavy atom. The van der Waals surface area contributed by atoms with Crippen LogP contribution in [0, 0.1) is 5.82 Å². The van der Waals surface area contributed by atoms with Crippen molar-refractivity contribution in [2.75, 3.05) is 27.8 Å². The van der Waals surface area contributed by atoms with E-state index in [1.807, 2.05) is 24.3 Å². The zero-order valence-electron chi connectivity index (χ0n) is 15.1. The van der Waals surface area contributed by atoms with Gasteiger partial charge in [0.25, 0.3) is 0 Å². The minimum Gasteiger partial charge on any atom is -0.493 e. The second-order valence-electron chi connectivity index (χ2n) is 5.54. The normalized spacial score (nSPS) is 11.2. The van der Waals surface area contributed by atoms with Crippen LogP contribution in [0.25, 0.3) is 0 Å². The third-order valence-corrected chi connectivity index (χ3v) is 4.46. The summed E-state index contributed by atoms with van der Waals surface area (Å²) in [5.74, 6) is 1.81. The number of hydrogen-bond donors (Lipinski definition) is 2. The maximum Gasteiger partial charge on any atom is 0.191 e. The minimum atomic E-state index is -0.277. The van der Waals surface area contributed by atoms with Crippen molar-refractivity contribution in [3.63, 3.8) is 0 Å². The lowest BCUT2D eigenvalue weighted by Crippen LogP contribution is -2.37. The molecule has 7 heteroatoms. The van der Waals surface area contributed by atoms with Gasteiger partial charge in [-0.1, -0.05) is 12.1 Å². The minimum absolute atomic E-state index is 0.277. The van der Waals surface area contributed by atoms with E-state index in [9.17, 15) is 4.39 Å². The molecule has 2 aromatic rings. The van der Waals surface area contributed by atoms with Crippen molar-refractivity contribution in [1.29, 1.82) is 0 Å². The monoisotopic (exact) mass is 423 g/mol. The molecular weight excluding hydrogens is 401 g/mol. The molecule has 2 rings (SSSR count). The van der Waals surface area contributed by atoms with Crippen LogP contribution >= 0.6 is 15.9 Å². The molecule has 0 fully saturated rings. The highest BCUT2D eigenvalue weighted by atomic mass is 79.9. The first-order valence-electron chi connectivity index (χ1n) is 8.16. The van der Waals surface area contributed by atoms with Gasteiger partial charge in [0.2, 0.25) is 0 Å². The summed E-state index contributed by atoms with van der Waals surface area (Å²) in [6, 6.07) is 10.9. The SMILES string of the molecule is CN=C(NCCc1ccc(OC)c(OC)c1)NCc1ccc(Br)c(F)c1. The van der Waals surface area contributed by atoms with Gasteiger partial charge in [-0.3, -0.25) is 4.99 Å². The van der Waals surface area contributed by atoms with Gasteiger partial charge < -0.3 is 20.1 Å². The third-order valence-electron chi connectivity index (χ3n) is 3.82. The highest BCUT2D eigenvalue weighted by Gasteiger charge is 2.05. The van der Waals surface area contributed by atoms with Crippen molar-refractivity contribution in [3.05, 3.63) is 57.8 Å². The fourth-order valence-corrected chi connectivity index (χ4v) is 2.66. The topological polar surface area (TPSA) is 54.9 Å². The zero-order chi connectivity index (χ0) is 18.9. The lowest BCUT2D eigenvalue weighted by Gasteiger charge is -2.13. The molecule has 0 bridgehead atoms. The summed E-state index contributed by atoms with van der Waals surface area (Å²) < 4.78 is 24.6. The Balaban J connectivity index is 1.84. The Morgan fingerprint density at radius 2 is 1.77 bits per heavy atom. The number of benzene rings is 2. The summed E-state index contributed by atoms with van der Waals surface area (Å²) in [7, 11) is 4.94. The van der Waals surface area contributed by atoms with Crippen molar-refractivity contribution in [1.82, 2.24) is 10.6 Å². The van der Waals surface area contributed by atoms with Gasteiger partial charge >= 0.3 is 0 Å². The van der Waals surface area contributed by atoms with Crippen LogP contribution in [-0.4, -0.2) is 33.8 Å². The van der Waals surface area contributed by atoms with Crippen LogP contribution in [0.1, 0.15) is 11.1 Å². The fourth-order valence-electron chi connectivity index (χ4n) is 2.42. The number of nitrogens with one attached hydrogen (secondary N) is 2. The van der Waals surface area contributed by atoms with Crippen molar-refractivity contribution < 1.29 is 13.9 Å². The molecule has 140 valence electrons. The molecule has 0 aliphatic heterocycles. The van der Waals surface area contributed by atoms with Crippen LogP contribution < -0.4 is 20.1 Å². The lowest BCUT2D eigenvalue weighted by molar-refractivity contribution is 0.354. The maximum atomic E-state index is 13.6. The van der Waals surface area contributed by atoms with Crippen LogP contribution in [0.2, 0.25) is 0 Å². The number of rotatable bonds is 7. The van der Waals surface area contributed by atoms with Gasteiger partial charge in [-0.05, 0) is 57.7 Å². The third kappa shape index (κ3) is 5.62. The van der Waals surface area contributed by atoms with Crippen LogP contribution in [0.15, 0.2) is 45.9 Å². The molecule has 0 spiro atoms. The number of ether oxygens (including phenoxy) is 2. The highest BCUT2D eigenvalue weighted by Crippen LogP contribution is 2.27. The van der Waals surface area contributed by atoms with E-state index in [1.54, 1.807) is 27.3 Å². The molecule has 5 nitrogen and oxygen atoms in total. The molecule has 0 aliphatic carbocycles. The molecular formula is C19H23BrFN3O2. The van der Waals surface area contributed by atoms with Gasteiger partial charge in [-0.25, -0.2) is 4.39 Å². The molecule has 0 radical (unpaired) electrons. The predicted octanol–water partition coefficient (Wildman–Crippen LogP) is 3.51. The molecule has 26 heavy (non-hydrogen) atoms. The Hall–Kier alpha value is -2.28. The van der Waals surface area contributed by atoms with Crippen LogP contribution in [0.5, 0.6) is 11.5 Å². The summed E-state index contributed by atoms with van der Waals surface area (Å²) >= 11 is 3.15. The van der Waals surface area contributed by atoms with Gasteiger partial charge in [-0.2, -0.15) is 0 Å². The average Bonchev–Trinajstić information content (AvgIpc) is 2.66. The maximum absolute atomic E-state index is 13.6. The van der Waals surface area contributed by atoms with E-state index in [4.69, 9.17) is 9.47 Å². The van der Waals surface area contributed by atoms with Crippen molar-refractivity contribution in [2.45, 2.75) is 13.0 Å². The smallest absolute Gasteiger partial charge is 0.191 e. The Kier molecular flexibility index (Phi) is 7.72. The number of hydrogen-bond acceptors (Lipinski definition) is 3. The predicted molar refractivity (Wildman–Crippen MR) is 106 cm³/mol. The first-order chi connectivity index (χ1) is 12.6. The van der Waals surface area contributed by atoms with Gasteiger partial charge in [0.15, 0.2) is 17.5 Å². The molecule has 0 saturated heterocycles. The van der Waals surface area contributed by atoms with Gasteiger partial charge in [0, 0.05) is 20.1 Å². The van der Waals surface area contributed by atoms with Crippen molar-refractivity contribution in [2.24, 2.45) is 4.99 Å². The van der Waals surface area contributed by atoms with E-state index >= 15 is 0 Å². The van der Waals surface area contributed by atoms with Crippen molar-refractivity contribution >= 4 is 21.9 Å². The molecule has 2 N–H and O–H groups in total. The van der Waals surface area contributed by atoms with E-state index in [1.165, 1.54) is 6.07 Å². The standard InChI is InChI=1S/C19H23BrFN3O2/c1-22-19(24-12-14-4-6-15(20)16(21)10-14)23-9-8-13-5-7-17(25-2)18(11-13)26-3/h4-7,10-11H,8-9,12H2,1-3H3,(H2,22,23,24). The average molecular weight is 424 g/mol. The quantitative estimate of drug-likeness (QED) is 0.528. The second-order valence-corrected chi connectivity index (χ2v) is 6.39. The van der Waals surface area contributed by atoms with Crippen molar-refractivity contribution in [3.8, 4) is 11.5 Å². The second kappa shape index (κ2) is 10.0. The number of nitrogens with zero attached hydrogens (tertiary/aromatic N) is 1. The number of halogens is 2. The molecule has 0 aromatic heterocycles. The van der Waals surface area contributed by atoms with E-state index in [-0.39, 0.29) is 5.82 Å². The first-order valence-corrected chi connectivity index (χ1v) is 8.96. The largest absolute Gasteiger partial charge is 0.493 e. The fraction of sp³-hybridized carbons (Fsp3) is 0.316. The number of methoxy groups -OCH3 is 2. The molecule has 0 unspecified atom stereocenters. The summed E-state index contributed by atoms with van der Waals surface area (Å²) in [4.78, 5) is 4.18. The molecule has 0 amide bonds. The molecule has 0 aliphatic rings. The van der Waals surface area contributed by atoms with Gasteiger partial charge in [-0.15, -0.1) is 0 Å².